The van der Waals surface area contributed by atoms with Crippen molar-refractivity contribution in [1.82, 2.24) is 0 Å². The zero-order valence-electron chi connectivity index (χ0n) is 23.6. The first kappa shape index (κ1) is 29.4. The Morgan fingerprint density at radius 1 is 0.302 bits per heavy atom. The van der Waals surface area contributed by atoms with Gasteiger partial charge in [0.1, 0.15) is 0 Å². The maximum absolute atomic E-state index is 6.39. The molecule has 0 bridgehead atoms. The van der Waals surface area contributed by atoms with Crippen LogP contribution < -0.4 is 0 Å². The molecule has 6 aromatic carbocycles. The third-order valence-corrected chi connectivity index (χ3v) is 16.8. The van der Waals surface area contributed by atoms with E-state index in [2.05, 4.69) is 146 Å². The van der Waals surface area contributed by atoms with Crippen molar-refractivity contribution in [1.29, 1.82) is 0 Å². The minimum absolute atomic E-state index is 0.737. The molecule has 6 rings (SSSR count). The van der Waals surface area contributed by atoms with Gasteiger partial charge in [0.15, 0.2) is 0 Å². The van der Waals surface area contributed by atoms with E-state index in [9.17, 15) is 0 Å². The van der Waals surface area contributed by atoms with Crippen LogP contribution in [0.5, 0.6) is 0 Å². The summed E-state index contributed by atoms with van der Waals surface area (Å²) in [7, 11) is 0. The third-order valence-electron chi connectivity index (χ3n) is 7.59. The molecule has 0 radical (unpaired) electrons. The fourth-order valence-corrected chi connectivity index (χ4v) is 15.2. The zero-order chi connectivity index (χ0) is 29.4. The molecule has 0 amide bonds. The molecule has 6 aromatic rings. The second-order valence-corrected chi connectivity index (χ2v) is 18.1. The number of rotatable bonds is 8. The van der Waals surface area contributed by atoms with Crippen LogP contribution in [-0.4, -0.2) is 0 Å². The summed E-state index contributed by atoms with van der Waals surface area (Å²) in [5.74, 6) is 0. The van der Waals surface area contributed by atoms with E-state index in [4.69, 9.17) is 23.2 Å². The number of hydrogen-bond acceptors (Lipinski definition) is 0. The quantitative estimate of drug-likeness (QED) is 0.107. The van der Waals surface area contributed by atoms with Crippen LogP contribution in [0.3, 0.4) is 0 Å². The molecule has 3 heteroatoms. The van der Waals surface area contributed by atoms with Crippen molar-refractivity contribution >= 4 is 40.5 Å². The van der Waals surface area contributed by atoms with E-state index in [-0.39, 0.29) is 0 Å². The number of hydrogen-bond donors (Lipinski definition) is 0. The van der Waals surface area contributed by atoms with Gasteiger partial charge in [0.2, 0.25) is 0 Å². The van der Waals surface area contributed by atoms with Crippen LogP contribution >= 0.6 is 23.2 Å². The Bertz CT molecular complexity index is 1700. The molecule has 0 unspecified atom stereocenters. The molecule has 0 aliphatic heterocycles. The maximum atomic E-state index is 6.39. The first-order valence-electron chi connectivity index (χ1n) is 14.4. The van der Waals surface area contributed by atoms with Crippen molar-refractivity contribution < 1.29 is 24.6 Å². The van der Waals surface area contributed by atoms with Gasteiger partial charge in [-0.25, -0.2) is 0 Å². The Kier molecular flexibility index (Phi) is 9.70. The summed E-state index contributed by atoms with van der Waals surface area (Å²) in [5, 5.41) is 1.47. The van der Waals surface area contributed by atoms with Gasteiger partial charge in [-0.05, 0) is 0 Å². The van der Waals surface area contributed by atoms with Gasteiger partial charge in [0.25, 0.3) is 0 Å². The topological polar surface area (TPSA) is 0 Å². The second-order valence-electron chi connectivity index (χ2n) is 10.4. The molecule has 0 saturated heterocycles. The van der Waals surface area contributed by atoms with Gasteiger partial charge >= 0.3 is 278 Å². The van der Waals surface area contributed by atoms with Crippen LogP contribution in [0.1, 0.15) is 33.4 Å². The zero-order valence-corrected chi connectivity index (χ0v) is 30.6. The molecule has 0 aliphatic carbocycles. The summed E-state index contributed by atoms with van der Waals surface area (Å²) in [6.07, 6.45) is 0. The van der Waals surface area contributed by atoms with Gasteiger partial charge in [0, 0.05) is 0 Å². The number of halogens is 2. The summed E-state index contributed by atoms with van der Waals surface area (Å²) in [6.45, 7) is 0. The van der Waals surface area contributed by atoms with E-state index in [1.807, 2.05) is 24.3 Å². The first-order chi connectivity index (χ1) is 21.2. The Balaban J connectivity index is 1.71. The van der Waals surface area contributed by atoms with E-state index in [1.165, 1.54) is 50.7 Å². The molecule has 43 heavy (non-hydrogen) atoms. The molecule has 204 valence electrons. The molecule has 0 heterocycles. The van der Waals surface area contributed by atoms with Crippen molar-refractivity contribution in [3.63, 3.8) is 0 Å². The SMILES string of the molecule is Clc1ccc(/C(=[C](\[Hg]/[C](=C(\c2ccccc2)c2ccc(Cl)cc2)c2ccccc2)c2ccccc2)c2ccccc2)cc1. The Morgan fingerprint density at radius 3 is 0.860 bits per heavy atom. The summed E-state index contributed by atoms with van der Waals surface area (Å²) < 4.78 is 2.91. The number of benzene rings is 6. The summed E-state index contributed by atoms with van der Waals surface area (Å²) >= 11 is 10.5. The van der Waals surface area contributed by atoms with Gasteiger partial charge in [-0.3, -0.25) is 0 Å². The van der Waals surface area contributed by atoms with Crippen molar-refractivity contribution in [2.24, 2.45) is 0 Å². The Labute approximate surface area is 276 Å². The average molecular weight is 780 g/mol. The van der Waals surface area contributed by atoms with Crippen LogP contribution in [0.4, 0.5) is 0 Å². The fourth-order valence-electron chi connectivity index (χ4n) is 5.60. The van der Waals surface area contributed by atoms with E-state index < -0.39 is 24.6 Å². The van der Waals surface area contributed by atoms with Gasteiger partial charge in [-0.15, -0.1) is 0 Å². The van der Waals surface area contributed by atoms with Crippen molar-refractivity contribution in [2.75, 3.05) is 0 Å². The van der Waals surface area contributed by atoms with E-state index in [0.717, 1.165) is 10.0 Å². The van der Waals surface area contributed by atoms with Crippen LogP contribution in [0.2, 0.25) is 10.0 Å². The molecule has 0 aliphatic rings. The van der Waals surface area contributed by atoms with E-state index >= 15 is 0 Å². The molecule has 0 aromatic heterocycles. The van der Waals surface area contributed by atoms with E-state index in [1.54, 1.807) is 0 Å². The third kappa shape index (κ3) is 7.11. The molecule has 0 atom stereocenters. The van der Waals surface area contributed by atoms with Gasteiger partial charge in [0.05, 0.1) is 0 Å². The monoisotopic (exact) mass is 780 g/mol. The van der Waals surface area contributed by atoms with Crippen LogP contribution in [0, 0.1) is 0 Å². The molecule has 0 nitrogen and oxygen atoms in total. The van der Waals surface area contributed by atoms with Gasteiger partial charge in [-0.2, -0.15) is 0 Å². The molecule has 0 N–H and O–H groups in total. The molecular formula is C40H28Cl2Hg. The van der Waals surface area contributed by atoms with E-state index in [0.29, 0.717) is 0 Å². The second kappa shape index (κ2) is 14.2. The average Bonchev–Trinajstić information content (AvgIpc) is 3.07. The predicted octanol–water partition coefficient (Wildman–Crippen LogP) is 11.6. The summed E-state index contributed by atoms with van der Waals surface area (Å²) in [5.41, 5.74) is 9.88. The predicted molar refractivity (Wildman–Crippen MR) is 181 cm³/mol. The normalized spacial score (nSPS) is 12.1. The standard InChI is InChI=1S/2C20H14Cl.Hg/c2*21-19-13-11-18(12-14-19)20(17-9-5-2-6-10-17)15-16-7-3-1-4-8-16;/h2*1-14H;. The van der Waals surface area contributed by atoms with Crippen molar-refractivity contribution in [3.05, 3.63) is 213 Å². The van der Waals surface area contributed by atoms with Crippen LogP contribution in [-0.2, 0) is 24.6 Å². The Hall–Kier alpha value is -3.68. The van der Waals surface area contributed by atoms with Crippen LogP contribution in [0.25, 0.3) is 17.3 Å². The van der Waals surface area contributed by atoms with Gasteiger partial charge < -0.3 is 0 Å². The molecular weight excluding hydrogens is 752 g/mol. The van der Waals surface area contributed by atoms with Crippen molar-refractivity contribution in [2.45, 2.75) is 0 Å². The Morgan fingerprint density at radius 2 is 0.558 bits per heavy atom. The van der Waals surface area contributed by atoms with Crippen molar-refractivity contribution in [3.8, 4) is 0 Å². The van der Waals surface area contributed by atoms with Crippen LogP contribution in [0.15, 0.2) is 170 Å². The molecule has 0 fully saturated rings. The summed E-state index contributed by atoms with van der Waals surface area (Å²) in [6, 6.07) is 60.0. The molecule has 0 spiro atoms. The summed E-state index contributed by atoms with van der Waals surface area (Å²) in [4.78, 5) is 0. The molecule has 0 saturated carbocycles. The first-order valence-corrected chi connectivity index (χ1v) is 20.6. The van der Waals surface area contributed by atoms with Gasteiger partial charge in [-0.1, -0.05) is 0 Å². The minimum atomic E-state index is -2.26. The fraction of sp³-hybridized carbons (Fsp3) is 0.